The standard InChI is InChI=1S/C17H13ClFN3O/c18-10-16(23)21-17-20-15(12-6-8-13(19)9-7-12)11-22(17)14-4-2-1-3-5-14/h1-9,11H,10H2,(H,20,21,23). The molecule has 0 aliphatic heterocycles. The number of carbonyl (C=O) groups excluding carboxylic acids is 1. The van der Waals surface area contributed by atoms with Gasteiger partial charge < -0.3 is 0 Å². The number of alkyl halides is 1. The number of anilines is 1. The highest BCUT2D eigenvalue weighted by Gasteiger charge is 2.13. The summed E-state index contributed by atoms with van der Waals surface area (Å²) in [4.78, 5) is 16.0. The molecule has 2 aromatic carbocycles. The number of nitrogens with one attached hydrogen (secondary N) is 1. The van der Waals surface area contributed by atoms with E-state index in [-0.39, 0.29) is 17.6 Å². The van der Waals surface area contributed by atoms with Crippen molar-refractivity contribution in [3.63, 3.8) is 0 Å². The van der Waals surface area contributed by atoms with Crippen molar-refractivity contribution in [2.45, 2.75) is 0 Å². The third-order valence-electron chi connectivity index (χ3n) is 3.25. The fourth-order valence-electron chi connectivity index (χ4n) is 2.17. The number of hydrogen-bond donors (Lipinski definition) is 1. The van der Waals surface area contributed by atoms with Gasteiger partial charge in [0.1, 0.15) is 11.7 Å². The van der Waals surface area contributed by atoms with Crippen LogP contribution in [-0.2, 0) is 4.79 Å². The quantitative estimate of drug-likeness (QED) is 0.739. The zero-order valence-electron chi connectivity index (χ0n) is 12.0. The lowest BCUT2D eigenvalue weighted by molar-refractivity contribution is -0.114. The van der Waals surface area contributed by atoms with Crippen molar-refractivity contribution in [3.8, 4) is 16.9 Å². The summed E-state index contributed by atoms with van der Waals surface area (Å²) in [5.41, 5.74) is 2.22. The van der Waals surface area contributed by atoms with E-state index in [1.54, 1.807) is 22.9 Å². The van der Waals surface area contributed by atoms with E-state index in [1.165, 1.54) is 12.1 Å². The number of benzene rings is 2. The van der Waals surface area contributed by atoms with Crippen LogP contribution >= 0.6 is 11.6 Å². The topological polar surface area (TPSA) is 46.9 Å². The van der Waals surface area contributed by atoms with Gasteiger partial charge in [-0.3, -0.25) is 14.7 Å². The van der Waals surface area contributed by atoms with Crippen LogP contribution in [0.25, 0.3) is 16.9 Å². The molecule has 0 aliphatic carbocycles. The van der Waals surface area contributed by atoms with E-state index in [0.29, 0.717) is 11.6 Å². The lowest BCUT2D eigenvalue weighted by Crippen LogP contribution is -2.16. The summed E-state index contributed by atoms with van der Waals surface area (Å²) < 4.78 is 14.8. The number of nitrogens with zero attached hydrogens (tertiary/aromatic N) is 2. The first-order valence-corrected chi connectivity index (χ1v) is 7.47. The average molecular weight is 330 g/mol. The summed E-state index contributed by atoms with van der Waals surface area (Å²) in [5.74, 6) is -0.457. The van der Waals surface area contributed by atoms with Gasteiger partial charge in [0, 0.05) is 17.4 Å². The molecule has 3 rings (SSSR count). The Morgan fingerprint density at radius 2 is 1.83 bits per heavy atom. The van der Waals surface area contributed by atoms with Crippen LogP contribution in [0, 0.1) is 5.82 Å². The molecule has 4 nitrogen and oxygen atoms in total. The highest BCUT2D eigenvalue weighted by molar-refractivity contribution is 6.28. The molecule has 23 heavy (non-hydrogen) atoms. The van der Waals surface area contributed by atoms with Crippen LogP contribution in [0.1, 0.15) is 0 Å². The molecule has 3 aromatic rings. The summed E-state index contributed by atoms with van der Waals surface area (Å²) in [6.07, 6.45) is 1.78. The Labute approximate surface area is 137 Å². The third kappa shape index (κ3) is 3.40. The Morgan fingerprint density at radius 1 is 1.13 bits per heavy atom. The van der Waals surface area contributed by atoms with Crippen molar-refractivity contribution in [1.82, 2.24) is 9.55 Å². The van der Waals surface area contributed by atoms with Crippen LogP contribution in [0.3, 0.4) is 0 Å². The summed E-state index contributed by atoms with van der Waals surface area (Å²) in [7, 11) is 0. The van der Waals surface area contributed by atoms with Gasteiger partial charge >= 0.3 is 0 Å². The number of aromatic nitrogens is 2. The van der Waals surface area contributed by atoms with Crippen LogP contribution in [0.5, 0.6) is 0 Å². The molecule has 0 saturated heterocycles. The average Bonchev–Trinajstić information content (AvgIpc) is 3.00. The van der Waals surface area contributed by atoms with Crippen molar-refractivity contribution in [2.75, 3.05) is 11.2 Å². The maximum absolute atomic E-state index is 13.1. The van der Waals surface area contributed by atoms with Crippen LogP contribution in [0.15, 0.2) is 60.8 Å². The summed E-state index contributed by atoms with van der Waals surface area (Å²) in [6.45, 7) is 0. The van der Waals surface area contributed by atoms with Crippen LogP contribution in [0.2, 0.25) is 0 Å². The van der Waals surface area contributed by atoms with E-state index in [0.717, 1.165) is 11.3 Å². The van der Waals surface area contributed by atoms with Gasteiger partial charge in [-0.2, -0.15) is 0 Å². The van der Waals surface area contributed by atoms with Gasteiger partial charge in [-0.25, -0.2) is 9.37 Å². The van der Waals surface area contributed by atoms with E-state index in [4.69, 9.17) is 11.6 Å². The number of rotatable bonds is 4. The van der Waals surface area contributed by atoms with Gasteiger partial charge in [-0.15, -0.1) is 11.6 Å². The number of imidazole rings is 1. The maximum atomic E-state index is 13.1. The number of carbonyl (C=O) groups is 1. The molecule has 116 valence electrons. The molecule has 0 unspecified atom stereocenters. The van der Waals surface area contributed by atoms with Gasteiger partial charge in [0.15, 0.2) is 0 Å². The lowest BCUT2D eigenvalue weighted by atomic mass is 10.2. The molecule has 0 aliphatic rings. The van der Waals surface area contributed by atoms with Crippen molar-refractivity contribution in [3.05, 3.63) is 66.6 Å². The molecule has 0 bridgehead atoms. The number of hydrogen-bond acceptors (Lipinski definition) is 2. The second kappa shape index (κ2) is 6.62. The molecule has 0 atom stereocenters. The first kappa shape index (κ1) is 15.2. The highest BCUT2D eigenvalue weighted by atomic mass is 35.5. The van der Waals surface area contributed by atoms with Crippen LogP contribution in [0.4, 0.5) is 10.3 Å². The van der Waals surface area contributed by atoms with Crippen LogP contribution < -0.4 is 5.32 Å². The van der Waals surface area contributed by atoms with Crippen molar-refractivity contribution in [1.29, 1.82) is 0 Å². The normalized spacial score (nSPS) is 10.5. The molecule has 0 spiro atoms. The van der Waals surface area contributed by atoms with Gasteiger partial charge in [-0.05, 0) is 36.4 Å². The van der Waals surface area contributed by atoms with E-state index in [1.807, 2.05) is 30.3 Å². The van der Waals surface area contributed by atoms with E-state index < -0.39 is 0 Å². The second-order valence-corrected chi connectivity index (χ2v) is 5.11. The Hall–Kier alpha value is -2.66. The monoisotopic (exact) mass is 329 g/mol. The zero-order chi connectivity index (χ0) is 16.2. The fraction of sp³-hybridized carbons (Fsp3) is 0.0588. The molecule has 1 N–H and O–H groups in total. The van der Waals surface area contributed by atoms with Crippen molar-refractivity contribution >= 4 is 23.5 Å². The van der Waals surface area contributed by atoms with Gasteiger partial charge in [0.2, 0.25) is 11.9 Å². The summed E-state index contributed by atoms with van der Waals surface area (Å²) >= 11 is 5.55. The van der Waals surface area contributed by atoms with E-state index in [9.17, 15) is 9.18 Å². The lowest BCUT2D eigenvalue weighted by Gasteiger charge is -2.07. The molecule has 6 heteroatoms. The van der Waals surface area contributed by atoms with Crippen molar-refractivity contribution < 1.29 is 9.18 Å². The number of para-hydroxylation sites is 1. The fourth-order valence-corrected chi connectivity index (χ4v) is 2.24. The first-order chi connectivity index (χ1) is 11.2. The molecular formula is C17H13ClFN3O. The largest absolute Gasteiger partial charge is 0.295 e. The summed E-state index contributed by atoms with van der Waals surface area (Å²) in [5, 5.41) is 2.67. The van der Waals surface area contributed by atoms with E-state index >= 15 is 0 Å². The minimum absolute atomic E-state index is 0.159. The molecule has 1 aromatic heterocycles. The van der Waals surface area contributed by atoms with Crippen molar-refractivity contribution in [2.24, 2.45) is 0 Å². The van der Waals surface area contributed by atoms with Gasteiger partial charge in [0.05, 0.1) is 5.69 Å². The zero-order valence-corrected chi connectivity index (χ0v) is 12.8. The summed E-state index contributed by atoms with van der Waals surface area (Å²) in [6, 6.07) is 15.5. The van der Waals surface area contributed by atoms with Gasteiger partial charge in [0.25, 0.3) is 0 Å². The molecule has 0 radical (unpaired) electrons. The van der Waals surface area contributed by atoms with E-state index in [2.05, 4.69) is 10.3 Å². The Kier molecular flexibility index (Phi) is 4.39. The smallest absolute Gasteiger partial charge is 0.241 e. The third-order valence-corrected chi connectivity index (χ3v) is 3.50. The molecule has 1 heterocycles. The second-order valence-electron chi connectivity index (χ2n) is 4.84. The molecular weight excluding hydrogens is 317 g/mol. The van der Waals surface area contributed by atoms with Gasteiger partial charge in [-0.1, -0.05) is 18.2 Å². The predicted molar refractivity (Wildman–Crippen MR) is 88.3 cm³/mol. The molecule has 1 amide bonds. The minimum Gasteiger partial charge on any atom is -0.295 e. The first-order valence-electron chi connectivity index (χ1n) is 6.94. The molecule has 0 saturated carbocycles. The maximum Gasteiger partial charge on any atom is 0.241 e. The SMILES string of the molecule is O=C(CCl)Nc1nc(-c2ccc(F)cc2)cn1-c1ccccc1. The minimum atomic E-state index is -0.347. The highest BCUT2D eigenvalue weighted by Crippen LogP contribution is 2.24. The molecule has 0 fully saturated rings. The Bertz CT molecular complexity index is 816. The Balaban J connectivity index is 2.06. The Morgan fingerprint density at radius 3 is 2.48 bits per heavy atom. The predicted octanol–water partition coefficient (Wildman–Crippen LogP) is 3.86. The van der Waals surface area contributed by atoms with Crippen LogP contribution in [-0.4, -0.2) is 21.3 Å². The number of amides is 1. The number of halogens is 2.